The molecule has 3 amide bonds. The van der Waals surface area contributed by atoms with Crippen LogP contribution >= 0.6 is 0 Å². The maximum Gasteiger partial charge on any atom is 0.256 e. The Morgan fingerprint density at radius 3 is 2.44 bits per heavy atom. The number of benzene rings is 2. The van der Waals surface area contributed by atoms with Gasteiger partial charge in [-0.05, 0) is 43.2 Å². The lowest BCUT2D eigenvalue weighted by molar-refractivity contribution is -0.128. The standard InChI is InChI=1S/C27H30FN3O5/c28-21-9-4-8-20(16-21)25(33)30-13-11-27(12-14-30)31(26(34)19-6-2-1-3-7-19)23(18-36-27)24(32)29-17-22-10-5-15-35-22/h1-4,6-9,16,22-23H,5,10-15,17-18H2,(H,29,32). The van der Waals surface area contributed by atoms with Crippen molar-refractivity contribution in [1.29, 1.82) is 0 Å². The quantitative estimate of drug-likeness (QED) is 0.689. The molecule has 2 aromatic carbocycles. The number of hydrogen-bond donors (Lipinski definition) is 1. The summed E-state index contributed by atoms with van der Waals surface area (Å²) in [5, 5.41) is 2.94. The SMILES string of the molecule is O=C(NCC1CCCO1)C1COC2(CCN(C(=O)c3cccc(F)c3)CC2)N1C(=O)c1ccccc1. The maximum absolute atomic E-state index is 13.7. The van der Waals surface area contributed by atoms with Crippen molar-refractivity contribution in [3.63, 3.8) is 0 Å². The van der Waals surface area contributed by atoms with Crippen LogP contribution in [0.25, 0.3) is 0 Å². The minimum absolute atomic E-state index is 0.0134. The molecule has 0 aliphatic carbocycles. The molecule has 9 heteroatoms. The van der Waals surface area contributed by atoms with Crippen LogP contribution in [0.15, 0.2) is 54.6 Å². The van der Waals surface area contributed by atoms with E-state index in [4.69, 9.17) is 9.47 Å². The van der Waals surface area contributed by atoms with Gasteiger partial charge in [0.25, 0.3) is 11.8 Å². The van der Waals surface area contributed by atoms with Gasteiger partial charge in [-0.25, -0.2) is 4.39 Å². The van der Waals surface area contributed by atoms with E-state index in [1.807, 2.05) is 6.07 Å². The first-order chi connectivity index (χ1) is 17.5. The molecule has 0 saturated carbocycles. The summed E-state index contributed by atoms with van der Waals surface area (Å²) >= 11 is 0. The molecule has 2 aromatic rings. The molecule has 3 fully saturated rings. The zero-order valence-electron chi connectivity index (χ0n) is 20.0. The van der Waals surface area contributed by atoms with E-state index in [1.165, 1.54) is 18.2 Å². The highest BCUT2D eigenvalue weighted by molar-refractivity contribution is 5.98. The van der Waals surface area contributed by atoms with Gasteiger partial charge < -0.3 is 19.7 Å². The molecule has 2 atom stereocenters. The molecule has 3 heterocycles. The highest BCUT2D eigenvalue weighted by Crippen LogP contribution is 2.39. The lowest BCUT2D eigenvalue weighted by Gasteiger charge is -2.44. The first-order valence-electron chi connectivity index (χ1n) is 12.4. The molecule has 190 valence electrons. The number of piperidine rings is 1. The van der Waals surface area contributed by atoms with Crippen molar-refractivity contribution in [2.45, 2.75) is 43.6 Å². The van der Waals surface area contributed by atoms with Crippen molar-refractivity contribution in [2.75, 3.05) is 32.8 Å². The minimum atomic E-state index is -1.00. The fraction of sp³-hybridized carbons (Fsp3) is 0.444. The summed E-state index contributed by atoms with van der Waals surface area (Å²) in [6.07, 6.45) is 2.55. The van der Waals surface area contributed by atoms with Crippen LogP contribution in [0.3, 0.4) is 0 Å². The molecule has 0 radical (unpaired) electrons. The molecular formula is C27H30FN3O5. The third-order valence-corrected chi connectivity index (χ3v) is 7.23. The predicted molar refractivity (Wildman–Crippen MR) is 129 cm³/mol. The summed E-state index contributed by atoms with van der Waals surface area (Å²) in [4.78, 5) is 43.1. The second-order valence-electron chi connectivity index (χ2n) is 9.50. The first kappa shape index (κ1) is 24.4. The average Bonchev–Trinajstić information content (AvgIpc) is 3.56. The number of nitrogens with one attached hydrogen (secondary N) is 1. The van der Waals surface area contributed by atoms with Gasteiger partial charge >= 0.3 is 0 Å². The Morgan fingerprint density at radius 2 is 1.75 bits per heavy atom. The Hall–Kier alpha value is -3.30. The van der Waals surface area contributed by atoms with Gasteiger partial charge in [0.15, 0.2) is 0 Å². The molecule has 5 rings (SSSR count). The third kappa shape index (κ3) is 4.85. The van der Waals surface area contributed by atoms with E-state index in [0.29, 0.717) is 44.6 Å². The molecule has 36 heavy (non-hydrogen) atoms. The first-order valence-corrected chi connectivity index (χ1v) is 12.4. The normalized spacial score (nSPS) is 23.1. The smallest absolute Gasteiger partial charge is 0.256 e. The molecule has 3 aliphatic rings. The minimum Gasteiger partial charge on any atom is -0.376 e. The number of likely N-dealkylation sites (tertiary alicyclic amines) is 1. The number of rotatable bonds is 5. The van der Waals surface area contributed by atoms with E-state index < -0.39 is 17.6 Å². The molecule has 0 aromatic heterocycles. The highest BCUT2D eigenvalue weighted by atomic mass is 19.1. The Morgan fingerprint density at radius 1 is 1.00 bits per heavy atom. The fourth-order valence-corrected chi connectivity index (χ4v) is 5.29. The molecule has 2 unspecified atom stereocenters. The van der Waals surface area contributed by atoms with E-state index in [-0.39, 0.29) is 36.0 Å². The van der Waals surface area contributed by atoms with Crippen LogP contribution in [0.4, 0.5) is 4.39 Å². The summed E-state index contributed by atoms with van der Waals surface area (Å²) in [7, 11) is 0. The van der Waals surface area contributed by atoms with Crippen LogP contribution < -0.4 is 5.32 Å². The highest BCUT2D eigenvalue weighted by Gasteiger charge is 2.54. The Labute approximate surface area is 209 Å². The second-order valence-corrected chi connectivity index (χ2v) is 9.50. The monoisotopic (exact) mass is 495 g/mol. The van der Waals surface area contributed by atoms with Crippen LogP contribution in [0.1, 0.15) is 46.4 Å². The van der Waals surface area contributed by atoms with Crippen LogP contribution in [-0.2, 0) is 14.3 Å². The molecule has 3 aliphatic heterocycles. The number of hydrogen-bond acceptors (Lipinski definition) is 5. The van der Waals surface area contributed by atoms with E-state index >= 15 is 0 Å². The molecule has 1 N–H and O–H groups in total. The predicted octanol–water partition coefficient (Wildman–Crippen LogP) is 2.59. The van der Waals surface area contributed by atoms with Gasteiger partial charge in [0.2, 0.25) is 5.91 Å². The number of nitrogens with zero attached hydrogens (tertiary/aromatic N) is 2. The number of amides is 3. The van der Waals surface area contributed by atoms with Gasteiger partial charge in [0.1, 0.15) is 17.6 Å². The summed E-state index contributed by atoms with van der Waals surface area (Å²) in [6.45, 7) is 1.80. The van der Waals surface area contributed by atoms with Crippen molar-refractivity contribution < 1.29 is 28.2 Å². The van der Waals surface area contributed by atoms with Gasteiger partial charge in [-0.1, -0.05) is 24.3 Å². The van der Waals surface area contributed by atoms with Crippen LogP contribution in [-0.4, -0.2) is 78.2 Å². The number of ether oxygens (including phenoxy) is 2. The van der Waals surface area contributed by atoms with E-state index in [1.54, 1.807) is 40.1 Å². The van der Waals surface area contributed by atoms with Crippen molar-refractivity contribution in [3.8, 4) is 0 Å². The zero-order chi connectivity index (χ0) is 25.1. The Kier molecular flexibility index (Phi) is 7.02. The van der Waals surface area contributed by atoms with Crippen molar-refractivity contribution >= 4 is 17.7 Å². The van der Waals surface area contributed by atoms with Gasteiger partial charge in [-0.15, -0.1) is 0 Å². The number of halogens is 1. The van der Waals surface area contributed by atoms with Crippen LogP contribution in [0.5, 0.6) is 0 Å². The molecular weight excluding hydrogens is 465 g/mol. The van der Waals surface area contributed by atoms with Gasteiger partial charge in [-0.3, -0.25) is 19.3 Å². The zero-order valence-corrected chi connectivity index (χ0v) is 20.0. The summed E-state index contributed by atoms with van der Waals surface area (Å²) in [5.41, 5.74) is -0.253. The van der Waals surface area contributed by atoms with Gasteiger partial charge in [-0.2, -0.15) is 0 Å². The lowest BCUT2D eigenvalue weighted by Crippen LogP contribution is -2.60. The van der Waals surface area contributed by atoms with Crippen molar-refractivity contribution in [3.05, 3.63) is 71.5 Å². The van der Waals surface area contributed by atoms with Crippen molar-refractivity contribution in [2.24, 2.45) is 0 Å². The van der Waals surface area contributed by atoms with Crippen LogP contribution in [0.2, 0.25) is 0 Å². The van der Waals surface area contributed by atoms with Crippen molar-refractivity contribution in [1.82, 2.24) is 15.1 Å². The molecule has 0 bridgehead atoms. The molecule has 3 saturated heterocycles. The molecule has 1 spiro atoms. The summed E-state index contributed by atoms with van der Waals surface area (Å²) in [5.74, 6) is -1.29. The van der Waals surface area contributed by atoms with Gasteiger partial charge in [0.05, 0.1) is 12.7 Å². The largest absolute Gasteiger partial charge is 0.376 e. The average molecular weight is 496 g/mol. The van der Waals surface area contributed by atoms with E-state index in [2.05, 4.69) is 5.32 Å². The maximum atomic E-state index is 13.7. The lowest BCUT2D eigenvalue weighted by atomic mass is 9.96. The number of carbonyl (C=O) groups excluding carboxylic acids is 3. The summed E-state index contributed by atoms with van der Waals surface area (Å²) < 4.78 is 25.5. The Bertz CT molecular complexity index is 1110. The fourth-order valence-electron chi connectivity index (χ4n) is 5.29. The molecule has 8 nitrogen and oxygen atoms in total. The number of carbonyl (C=O) groups is 3. The summed E-state index contributed by atoms with van der Waals surface area (Å²) in [6, 6.07) is 13.7. The Balaban J connectivity index is 1.33. The third-order valence-electron chi connectivity index (χ3n) is 7.23. The topological polar surface area (TPSA) is 88.2 Å². The van der Waals surface area contributed by atoms with Gasteiger partial charge in [0, 0.05) is 50.2 Å². The van der Waals surface area contributed by atoms with Crippen LogP contribution in [0, 0.1) is 5.82 Å². The van der Waals surface area contributed by atoms with E-state index in [0.717, 1.165) is 12.8 Å². The van der Waals surface area contributed by atoms with E-state index in [9.17, 15) is 18.8 Å². The second kappa shape index (κ2) is 10.4.